The summed E-state index contributed by atoms with van der Waals surface area (Å²) in [5, 5.41) is 6.03. The number of rotatable bonds is 5. The first-order chi connectivity index (χ1) is 10.1. The van der Waals surface area contributed by atoms with Crippen molar-refractivity contribution in [1.82, 2.24) is 0 Å². The van der Waals surface area contributed by atoms with Crippen LogP contribution in [0.3, 0.4) is 0 Å². The van der Waals surface area contributed by atoms with Crippen LogP contribution in [0.15, 0.2) is 53.0 Å². The Labute approximate surface area is 132 Å². The zero-order valence-electron chi connectivity index (χ0n) is 11.9. The highest BCUT2D eigenvalue weighted by molar-refractivity contribution is 9.10. The maximum absolute atomic E-state index is 12.2. The summed E-state index contributed by atoms with van der Waals surface area (Å²) < 4.78 is 6.06. The molecular weight excluding hydrogens is 332 g/mol. The van der Waals surface area contributed by atoms with E-state index in [-0.39, 0.29) is 11.9 Å². The van der Waals surface area contributed by atoms with Crippen LogP contribution in [0.2, 0.25) is 0 Å². The van der Waals surface area contributed by atoms with Crippen LogP contribution in [0.5, 0.6) is 5.75 Å². The third-order valence-corrected chi connectivity index (χ3v) is 3.67. The van der Waals surface area contributed by atoms with Crippen molar-refractivity contribution in [2.45, 2.75) is 13.0 Å². The highest BCUT2D eigenvalue weighted by Crippen LogP contribution is 2.27. The lowest BCUT2D eigenvalue weighted by molar-refractivity contribution is -0.116. The smallest absolute Gasteiger partial charge is 0.246 e. The van der Waals surface area contributed by atoms with E-state index in [0.29, 0.717) is 0 Å². The Morgan fingerprint density at radius 3 is 2.57 bits per heavy atom. The van der Waals surface area contributed by atoms with E-state index in [0.717, 1.165) is 21.6 Å². The molecule has 1 atom stereocenters. The molecule has 5 heteroatoms. The van der Waals surface area contributed by atoms with Crippen molar-refractivity contribution in [1.29, 1.82) is 0 Å². The summed E-state index contributed by atoms with van der Waals surface area (Å²) in [5.74, 6) is 0.632. The minimum Gasteiger partial charge on any atom is -0.497 e. The monoisotopic (exact) mass is 348 g/mol. The molecule has 1 amide bonds. The Kier molecular flexibility index (Phi) is 5.22. The molecule has 110 valence electrons. The fourth-order valence-corrected chi connectivity index (χ4v) is 2.17. The van der Waals surface area contributed by atoms with Gasteiger partial charge in [-0.15, -0.1) is 0 Å². The number of nitrogens with one attached hydrogen (secondary N) is 2. The van der Waals surface area contributed by atoms with Gasteiger partial charge in [-0.3, -0.25) is 4.79 Å². The van der Waals surface area contributed by atoms with Crippen LogP contribution < -0.4 is 15.4 Å². The van der Waals surface area contributed by atoms with Crippen LogP contribution in [0.4, 0.5) is 11.4 Å². The van der Waals surface area contributed by atoms with Crippen LogP contribution in [-0.4, -0.2) is 19.1 Å². The zero-order valence-corrected chi connectivity index (χ0v) is 13.5. The minimum atomic E-state index is -0.381. The first-order valence-electron chi connectivity index (χ1n) is 6.56. The summed E-state index contributed by atoms with van der Waals surface area (Å²) in [6.07, 6.45) is 0. The van der Waals surface area contributed by atoms with Crippen molar-refractivity contribution in [3.05, 3.63) is 53.0 Å². The lowest BCUT2D eigenvalue weighted by Crippen LogP contribution is -2.31. The average Bonchev–Trinajstić information content (AvgIpc) is 2.50. The van der Waals surface area contributed by atoms with Gasteiger partial charge in [-0.05, 0) is 47.1 Å². The summed E-state index contributed by atoms with van der Waals surface area (Å²) in [5.41, 5.74) is 1.59. The van der Waals surface area contributed by atoms with E-state index in [1.54, 1.807) is 7.11 Å². The quantitative estimate of drug-likeness (QED) is 0.861. The topological polar surface area (TPSA) is 50.4 Å². The van der Waals surface area contributed by atoms with E-state index >= 15 is 0 Å². The molecule has 2 aromatic rings. The number of ether oxygens (including phenoxy) is 1. The average molecular weight is 349 g/mol. The molecule has 2 rings (SSSR count). The number of hydrogen-bond donors (Lipinski definition) is 2. The van der Waals surface area contributed by atoms with Gasteiger partial charge >= 0.3 is 0 Å². The molecule has 0 radical (unpaired) electrons. The third kappa shape index (κ3) is 4.23. The Morgan fingerprint density at radius 1 is 1.19 bits per heavy atom. The van der Waals surface area contributed by atoms with Gasteiger partial charge in [0.1, 0.15) is 11.8 Å². The molecule has 0 aromatic heterocycles. The van der Waals surface area contributed by atoms with Crippen LogP contribution >= 0.6 is 15.9 Å². The molecule has 1 unspecified atom stereocenters. The number of methoxy groups -OCH3 is 1. The first-order valence-corrected chi connectivity index (χ1v) is 7.35. The maximum Gasteiger partial charge on any atom is 0.246 e. The summed E-state index contributed by atoms with van der Waals surface area (Å²) in [6.45, 7) is 1.81. The van der Waals surface area contributed by atoms with E-state index in [1.165, 1.54) is 0 Å². The normalized spacial score (nSPS) is 11.6. The van der Waals surface area contributed by atoms with Gasteiger partial charge in [0, 0.05) is 16.2 Å². The third-order valence-electron chi connectivity index (χ3n) is 2.98. The highest BCUT2D eigenvalue weighted by Gasteiger charge is 2.14. The first kappa shape index (κ1) is 15.4. The van der Waals surface area contributed by atoms with Crippen molar-refractivity contribution in [2.24, 2.45) is 0 Å². The van der Waals surface area contributed by atoms with Crippen molar-refractivity contribution >= 4 is 33.2 Å². The molecule has 0 fully saturated rings. The molecule has 0 bridgehead atoms. The number of hydrogen-bond acceptors (Lipinski definition) is 3. The number of carbonyl (C=O) groups excluding carboxylic acids is 1. The molecule has 0 saturated heterocycles. The minimum absolute atomic E-state index is 0.101. The summed E-state index contributed by atoms with van der Waals surface area (Å²) in [7, 11) is 1.61. The molecule has 0 aliphatic rings. The number of halogens is 1. The SMILES string of the molecule is COc1ccc(Br)c(NC(C)C(=O)Nc2ccccc2)c1. The van der Waals surface area contributed by atoms with Gasteiger partial charge in [0.15, 0.2) is 0 Å². The molecule has 0 heterocycles. The van der Waals surface area contributed by atoms with Gasteiger partial charge in [-0.25, -0.2) is 0 Å². The second-order valence-electron chi connectivity index (χ2n) is 4.57. The van der Waals surface area contributed by atoms with Crippen molar-refractivity contribution in [3.8, 4) is 5.75 Å². The van der Waals surface area contributed by atoms with Gasteiger partial charge in [-0.2, -0.15) is 0 Å². The molecule has 0 spiro atoms. The number of amides is 1. The number of para-hydroxylation sites is 1. The zero-order chi connectivity index (χ0) is 15.2. The summed E-state index contributed by atoms with van der Waals surface area (Å²) >= 11 is 3.45. The maximum atomic E-state index is 12.2. The van der Waals surface area contributed by atoms with Gasteiger partial charge in [-0.1, -0.05) is 18.2 Å². The molecule has 0 aliphatic carbocycles. The van der Waals surface area contributed by atoms with Gasteiger partial charge < -0.3 is 15.4 Å². The predicted molar refractivity (Wildman–Crippen MR) is 88.9 cm³/mol. The van der Waals surface area contributed by atoms with Crippen LogP contribution in [0.1, 0.15) is 6.92 Å². The number of benzene rings is 2. The molecule has 0 aliphatic heterocycles. The Morgan fingerprint density at radius 2 is 1.90 bits per heavy atom. The van der Waals surface area contributed by atoms with E-state index in [2.05, 4.69) is 26.6 Å². The highest BCUT2D eigenvalue weighted by atomic mass is 79.9. The Hall–Kier alpha value is -2.01. The molecule has 4 nitrogen and oxygen atoms in total. The predicted octanol–water partition coefficient (Wildman–Crippen LogP) is 3.90. The standard InChI is InChI=1S/C16H17BrN2O2/c1-11(16(20)19-12-6-4-3-5-7-12)18-15-10-13(21-2)8-9-14(15)17/h3-11,18H,1-2H3,(H,19,20). The molecular formula is C16H17BrN2O2. The number of anilines is 2. The van der Waals surface area contributed by atoms with E-state index in [1.807, 2.05) is 55.5 Å². The van der Waals surface area contributed by atoms with Crippen molar-refractivity contribution in [2.75, 3.05) is 17.7 Å². The largest absolute Gasteiger partial charge is 0.497 e. The lowest BCUT2D eigenvalue weighted by Gasteiger charge is -2.17. The Balaban J connectivity index is 2.04. The second-order valence-corrected chi connectivity index (χ2v) is 5.42. The Bertz CT molecular complexity index is 617. The van der Waals surface area contributed by atoms with E-state index in [4.69, 9.17) is 4.74 Å². The lowest BCUT2D eigenvalue weighted by atomic mass is 10.2. The van der Waals surface area contributed by atoms with Crippen molar-refractivity contribution < 1.29 is 9.53 Å². The molecule has 2 N–H and O–H groups in total. The van der Waals surface area contributed by atoms with Gasteiger partial charge in [0.2, 0.25) is 5.91 Å². The van der Waals surface area contributed by atoms with Crippen LogP contribution in [0, 0.1) is 0 Å². The summed E-state index contributed by atoms with van der Waals surface area (Å²) in [6, 6.07) is 14.6. The molecule has 21 heavy (non-hydrogen) atoms. The van der Waals surface area contributed by atoms with E-state index in [9.17, 15) is 4.79 Å². The molecule has 0 saturated carbocycles. The number of carbonyl (C=O) groups is 1. The fraction of sp³-hybridized carbons (Fsp3) is 0.188. The van der Waals surface area contributed by atoms with Gasteiger partial charge in [0.05, 0.1) is 12.8 Å². The second kappa shape index (κ2) is 7.13. The molecule has 2 aromatic carbocycles. The fourth-order valence-electron chi connectivity index (χ4n) is 1.81. The van der Waals surface area contributed by atoms with Gasteiger partial charge in [0.25, 0.3) is 0 Å². The van der Waals surface area contributed by atoms with E-state index < -0.39 is 0 Å². The summed E-state index contributed by atoms with van der Waals surface area (Å²) in [4.78, 5) is 12.2. The van der Waals surface area contributed by atoms with Crippen molar-refractivity contribution in [3.63, 3.8) is 0 Å². The van der Waals surface area contributed by atoms with Crippen LogP contribution in [-0.2, 0) is 4.79 Å². The van der Waals surface area contributed by atoms with Crippen LogP contribution in [0.25, 0.3) is 0 Å².